The third kappa shape index (κ3) is 4.09. The predicted molar refractivity (Wildman–Crippen MR) is 120 cm³/mol. The van der Waals surface area contributed by atoms with Crippen molar-refractivity contribution in [3.63, 3.8) is 0 Å². The van der Waals surface area contributed by atoms with Crippen LogP contribution in [0.25, 0.3) is 22.1 Å². The first-order valence-electron chi connectivity index (χ1n) is 10.00. The quantitative estimate of drug-likeness (QED) is 0.454. The van der Waals surface area contributed by atoms with Gasteiger partial charge in [-0.1, -0.05) is 30.0 Å². The fourth-order valence-corrected chi connectivity index (χ4v) is 3.96. The number of nitrogens with zero attached hydrogens (tertiary/aromatic N) is 4. The summed E-state index contributed by atoms with van der Waals surface area (Å²) >= 11 is 1.23. The molecule has 1 aliphatic carbocycles. The van der Waals surface area contributed by atoms with E-state index in [2.05, 4.69) is 25.8 Å². The summed E-state index contributed by atoms with van der Waals surface area (Å²) in [5, 5.41) is 15.7. The molecule has 2 heterocycles. The SMILES string of the molecule is Cn1c2ccccc2c2nnc(SCC(=O)Nc3ccc(C(=O)NC4CC4)cc3)nc21. The molecule has 1 saturated carbocycles. The van der Waals surface area contributed by atoms with Crippen LogP contribution in [0.5, 0.6) is 0 Å². The number of rotatable bonds is 6. The lowest BCUT2D eigenvalue weighted by molar-refractivity contribution is -0.113. The zero-order chi connectivity index (χ0) is 21.4. The molecule has 2 N–H and O–H groups in total. The maximum absolute atomic E-state index is 12.3. The second-order valence-electron chi connectivity index (χ2n) is 7.50. The molecule has 0 aliphatic heterocycles. The largest absolute Gasteiger partial charge is 0.349 e. The summed E-state index contributed by atoms with van der Waals surface area (Å²) in [4.78, 5) is 29.0. The van der Waals surface area contributed by atoms with Crippen LogP contribution in [0.15, 0.2) is 53.7 Å². The van der Waals surface area contributed by atoms with Gasteiger partial charge in [-0.3, -0.25) is 9.59 Å². The summed E-state index contributed by atoms with van der Waals surface area (Å²) < 4.78 is 1.98. The van der Waals surface area contributed by atoms with Crippen molar-refractivity contribution in [3.8, 4) is 0 Å². The highest BCUT2D eigenvalue weighted by molar-refractivity contribution is 7.99. The molecule has 2 aromatic heterocycles. The van der Waals surface area contributed by atoms with Gasteiger partial charge in [0.2, 0.25) is 11.1 Å². The number of carbonyl (C=O) groups excluding carboxylic acids is 2. The first-order chi connectivity index (χ1) is 15.1. The van der Waals surface area contributed by atoms with Crippen LogP contribution in [-0.2, 0) is 11.8 Å². The van der Waals surface area contributed by atoms with E-state index in [9.17, 15) is 9.59 Å². The number of hydrogen-bond donors (Lipinski definition) is 2. The Labute approximate surface area is 182 Å². The van der Waals surface area contributed by atoms with E-state index in [-0.39, 0.29) is 17.6 Å². The number of aryl methyl sites for hydroxylation is 1. The van der Waals surface area contributed by atoms with Gasteiger partial charge in [0, 0.05) is 29.7 Å². The van der Waals surface area contributed by atoms with Crippen LogP contribution in [-0.4, -0.2) is 43.4 Å². The topological polar surface area (TPSA) is 102 Å². The molecule has 156 valence electrons. The number of anilines is 1. The Morgan fingerprint density at radius 3 is 2.65 bits per heavy atom. The molecule has 5 rings (SSSR count). The van der Waals surface area contributed by atoms with Crippen LogP contribution >= 0.6 is 11.8 Å². The molecule has 31 heavy (non-hydrogen) atoms. The molecule has 1 aliphatic rings. The molecule has 0 atom stereocenters. The fourth-order valence-electron chi connectivity index (χ4n) is 3.38. The third-order valence-electron chi connectivity index (χ3n) is 5.16. The second kappa shape index (κ2) is 7.99. The first-order valence-corrected chi connectivity index (χ1v) is 11.0. The molecule has 0 saturated heterocycles. The maximum atomic E-state index is 12.3. The highest BCUT2D eigenvalue weighted by Crippen LogP contribution is 2.26. The highest BCUT2D eigenvalue weighted by Gasteiger charge is 2.23. The molecule has 4 aromatic rings. The van der Waals surface area contributed by atoms with E-state index in [4.69, 9.17) is 0 Å². The van der Waals surface area contributed by atoms with Crippen LogP contribution in [0.2, 0.25) is 0 Å². The lowest BCUT2D eigenvalue weighted by Gasteiger charge is -2.07. The van der Waals surface area contributed by atoms with Gasteiger partial charge >= 0.3 is 0 Å². The maximum Gasteiger partial charge on any atom is 0.251 e. The molecule has 8 nitrogen and oxygen atoms in total. The number of para-hydroxylation sites is 1. The fraction of sp³-hybridized carbons (Fsp3) is 0.227. The lowest BCUT2D eigenvalue weighted by Crippen LogP contribution is -2.25. The minimum Gasteiger partial charge on any atom is -0.349 e. The zero-order valence-electron chi connectivity index (χ0n) is 16.8. The van der Waals surface area contributed by atoms with Crippen molar-refractivity contribution >= 4 is 51.3 Å². The number of benzene rings is 2. The summed E-state index contributed by atoms with van der Waals surface area (Å²) in [6.45, 7) is 0. The minimum atomic E-state index is -0.180. The number of fused-ring (bicyclic) bond motifs is 3. The van der Waals surface area contributed by atoms with Crippen molar-refractivity contribution in [2.45, 2.75) is 24.0 Å². The van der Waals surface area contributed by atoms with Gasteiger partial charge in [0.15, 0.2) is 5.65 Å². The van der Waals surface area contributed by atoms with Gasteiger partial charge in [0.1, 0.15) is 5.52 Å². The van der Waals surface area contributed by atoms with Crippen LogP contribution in [0, 0.1) is 0 Å². The second-order valence-corrected chi connectivity index (χ2v) is 8.45. The van der Waals surface area contributed by atoms with Crippen molar-refractivity contribution < 1.29 is 9.59 Å². The molecule has 1 fully saturated rings. The Hall–Kier alpha value is -3.46. The summed E-state index contributed by atoms with van der Waals surface area (Å²) in [7, 11) is 1.94. The van der Waals surface area contributed by atoms with E-state index in [1.54, 1.807) is 24.3 Å². The van der Waals surface area contributed by atoms with Crippen molar-refractivity contribution in [2.75, 3.05) is 11.1 Å². The number of carbonyl (C=O) groups is 2. The van der Waals surface area contributed by atoms with E-state index >= 15 is 0 Å². The van der Waals surface area contributed by atoms with E-state index < -0.39 is 0 Å². The van der Waals surface area contributed by atoms with Gasteiger partial charge in [-0.05, 0) is 43.2 Å². The zero-order valence-corrected chi connectivity index (χ0v) is 17.6. The van der Waals surface area contributed by atoms with Crippen LogP contribution in [0.1, 0.15) is 23.2 Å². The van der Waals surface area contributed by atoms with Gasteiger partial charge in [-0.15, -0.1) is 10.2 Å². The molecule has 0 bridgehead atoms. The number of aromatic nitrogens is 4. The smallest absolute Gasteiger partial charge is 0.251 e. The highest BCUT2D eigenvalue weighted by atomic mass is 32.2. The summed E-state index contributed by atoms with van der Waals surface area (Å²) in [5.74, 6) is -0.105. The van der Waals surface area contributed by atoms with Gasteiger partial charge in [-0.25, -0.2) is 4.98 Å². The molecule has 9 heteroatoms. The Balaban J connectivity index is 1.22. The minimum absolute atomic E-state index is 0.0793. The summed E-state index contributed by atoms with van der Waals surface area (Å²) in [6, 6.07) is 15.1. The van der Waals surface area contributed by atoms with Crippen molar-refractivity contribution in [2.24, 2.45) is 7.05 Å². The summed E-state index contributed by atoms with van der Waals surface area (Å²) in [6.07, 6.45) is 2.09. The molecule has 0 unspecified atom stereocenters. The predicted octanol–water partition coefficient (Wildman–Crippen LogP) is 3.14. The average Bonchev–Trinajstić information content (AvgIpc) is 3.56. The molecule has 0 spiro atoms. The molecule has 2 aromatic carbocycles. The Bertz CT molecular complexity index is 1300. The number of thioether (sulfide) groups is 1. The van der Waals surface area contributed by atoms with E-state index in [0.29, 0.717) is 22.4 Å². The lowest BCUT2D eigenvalue weighted by atomic mass is 10.2. The average molecular weight is 433 g/mol. The van der Waals surface area contributed by atoms with Crippen LogP contribution in [0.4, 0.5) is 5.69 Å². The first kappa shape index (κ1) is 19.5. The van der Waals surface area contributed by atoms with Gasteiger partial charge in [0.25, 0.3) is 5.91 Å². The van der Waals surface area contributed by atoms with Crippen molar-refractivity contribution in [3.05, 3.63) is 54.1 Å². The van der Waals surface area contributed by atoms with Crippen LogP contribution in [0.3, 0.4) is 0 Å². The standard InChI is InChI=1S/C22H20N6O2S/c1-28-17-5-3-2-4-16(17)19-20(28)25-22(27-26-19)31-12-18(29)23-14-8-6-13(7-9-14)21(30)24-15-10-11-15/h2-9,15H,10-12H2,1H3,(H,23,29)(H,24,30). The van der Waals surface area contributed by atoms with E-state index in [0.717, 1.165) is 34.9 Å². The molecular formula is C22H20N6O2S. The third-order valence-corrected chi connectivity index (χ3v) is 6.00. The Morgan fingerprint density at radius 1 is 1.10 bits per heavy atom. The number of hydrogen-bond acceptors (Lipinski definition) is 6. The van der Waals surface area contributed by atoms with Gasteiger partial charge in [0.05, 0.1) is 11.3 Å². The normalized spacial score (nSPS) is 13.5. The van der Waals surface area contributed by atoms with Crippen LogP contribution < -0.4 is 10.6 Å². The number of amides is 2. The monoisotopic (exact) mass is 432 g/mol. The Morgan fingerprint density at radius 2 is 1.87 bits per heavy atom. The Kier molecular flexibility index (Phi) is 5.03. The molecule has 2 amide bonds. The van der Waals surface area contributed by atoms with Crippen molar-refractivity contribution in [1.29, 1.82) is 0 Å². The molecular weight excluding hydrogens is 412 g/mol. The summed E-state index contributed by atoms with van der Waals surface area (Å²) in [5.41, 5.74) is 3.74. The van der Waals surface area contributed by atoms with E-state index in [1.165, 1.54) is 11.8 Å². The van der Waals surface area contributed by atoms with E-state index in [1.807, 2.05) is 35.9 Å². The van der Waals surface area contributed by atoms with Crippen molar-refractivity contribution in [1.82, 2.24) is 25.1 Å². The molecule has 0 radical (unpaired) electrons. The van der Waals surface area contributed by atoms with Gasteiger partial charge < -0.3 is 15.2 Å². The van der Waals surface area contributed by atoms with Gasteiger partial charge in [-0.2, -0.15) is 0 Å². The number of nitrogens with one attached hydrogen (secondary N) is 2.